The Balaban J connectivity index is 2.31. The third kappa shape index (κ3) is 2.03. The molecule has 3 aromatic rings. The van der Waals surface area contributed by atoms with Crippen molar-refractivity contribution in [1.29, 1.82) is 0 Å². The highest BCUT2D eigenvalue weighted by Gasteiger charge is 2.09. The van der Waals surface area contributed by atoms with Gasteiger partial charge in [0.25, 0.3) is 0 Å². The number of aryl methyl sites for hydroxylation is 1. The number of pyridine rings is 1. The molecule has 0 spiro atoms. The van der Waals surface area contributed by atoms with Gasteiger partial charge in [0.15, 0.2) is 0 Å². The minimum Gasteiger partial charge on any atom is -0.398 e. The molecule has 0 amide bonds. The average Bonchev–Trinajstić information content (AvgIpc) is 2.41. The zero-order valence-corrected chi connectivity index (χ0v) is 10.5. The van der Waals surface area contributed by atoms with Gasteiger partial charge in [0.1, 0.15) is 5.82 Å². The molecule has 0 unspecified atom stereocenters. The highest BCUT2D eigenvalue weighted by molar-refractivity contribution is 5.94. The molecule has 0 fully saturated rings. The van der Waals surface area contributed by atoms with E-state index in [2.05, 4.69) is 4.98 Å². The van der Waals surface area contributed by atoms with Gasteiger partial charge in [-0.05, 0) is 30.7 Å². The van der Waals surface area contributed by atoms with Crippen molar-refractivity contribution >= 4 is 16.6 Å². The highest BCUT2D eigenvalue weighted by Crippen LogP contribution is 2.28. The molecule has 0 radical (unpaired) electrons. The lowest BCUT2D eigenvalue weighted by atomic mass is 10.1. The summed E-state index contributed by atoms with van der Waals surface area (Å²) in [5.41, 5.74) is 9.92. The number of anilines is 1. The van der Waals surface area contributed by atoms with E-state index in [4.69, 9.17) is 5.73 Å². The van der Waals surface area contributed by atoms with E-state index in [-0.39, 0.29) is 5.82 Å². The van der Waals surface area contributed by atoms with Gasteiger partial charge in [-0.2, -0.15) is 0 Å². The summed E-state index contributed by atoms with van der Waals surface area (Å²) in [5.74, 6) is -0.286. The van der Waals surface area contributed by atoms with E-state index in [1.54, 1.807) is 6.07 Å². The van der Waals surface area contributed by atoms with Crippen LogP contribution in [0.4, 0.5) is 10.1 Å². The third-order valence-electron chi connectivity index (χ3n) is 3.17. The van der Waals surface area contributed by atoms with E-state index in [1.165, 1.54) is 12.1 Å². The van der Waals surface area contributed by atoms with Gasteiger partial charge in [-0.1, -0.05) is 30.3 Å². The van der Waals surface area contributed by atoms with Crippen molar-refractivity contribution in [2.24, 2.45) is 0 Å². The Labute approximate surface area is 110 Å². The normalized spacial score (nSPS) is 10.8. The fraction of sp³-hybridized carbons (Fsp3) is 0.0625. The van der Waals surface area contributed by atoms with Gasteiger partial charge >= 0.3 is 0 Å². The summed E-state index contributed by atoms with van der Waals surface area (Å²) in [6.07, 6.45) is 0. The number of aromatic nitrogens is 1. The van der Waals surface area contributed by atoms with Crippen molar-refractivity contribution in [3.8, 4) is 11.3 Å². The topological polar surface area (TPSA) is 38.9 Å². The molecule has 0 aliphatic rings. The Hall–Kier alpha value is -2.42. The van der Waals surface area contributed by atoms with E-state index in [9.17, 15) is 4.39 Å². The van der Waals surface area contributed by atoms with Crippen LogP contribution in [0, 0.1) is 12.7 Å². The van der Waals surface area contributed by atoms with Crippen molar-refractivity contribution in [2.45, 2.75) is 6.92 Å². The molecule has 19 heavy (non-hydrogen) atoms. The van der Waals surface area contributed by atoms with Crippen LogP contribution >= 0.6 is 0 Å². The summed E-state index contributed by atoms with van der Waals surface area (Å²) >= 11 is 0. The molecule has 1 heterocycles. The number of rotatable bonds is 1. The summed E-state index contributed by atoms with van der Waals surface area (Å²) in [7, 11) is 0. The minimum absolute atomic E-state index is 0.286. The highest BCUT2D eigenvalue weighted by atomic mass is 19.1. The molecule has 2 nitrogen and oxygen atoms in total. The van der Waals surface area contributed by atoms with Gasteiger partial charge in [-0.15, -0.1) is 0 Å². The molecule has 2 aromatic carbocycles. The smallest absolute Gasteiger partial charge is 0.124 e. The maximum Gasteiger partial charge on any atom is 0.124 e. The fourth-order valence-corrected chi connectivity index (χ4v) is 2.24. The Morgan fingerprint density at radius 1 is 1.05 bits per heavy atom. The molecular weight excluding hydrogens is 239 g/mol. The van der Waals surface area contributed by atoms with Gasteiger partial charge in [0.05, 0.1) is 11.2 Å². The van der Waals surface area contributed by atoms with Crippen molar-refractivity contribution in [1.82, 2.24) is 4.98 Å². The predicted molar refractivity (Wildman–Crippen MR) is 76.3 cm³/mol. The van der Waals surface area contributed by atoms with Crippen molar-refractivity contribution in [3.63, 3.8) is 0 Å². The largest absolute Gasteiger partial charge is 0.398 e. The lowest BCUT2D eigenvalue weighted by Gasteiger charge is -2.09. The van der Waals surface area contributed by atoms with E-state index in [1.807, 2.05) is 37.3 Å². The molecule has 1 aromatic heterocycles. The quantitative estimate of drug-likeness (QED) is 0.712. The first-order valence-electron chi connectivity index (χ1n) is 6.07. The second-order valence-electron chi connectivity index (χ2n) is 4.58. The standard InChI is InChI=1S/C16H13FN2/c1-10-7-12(17)8-13-14(18)9-15(19-16(10)13)11-5-3-2-4-6-11/h2-9H,1H3,(H2,18,19). The summed E-state index contributed by atoms with van der Waals surface area (Å²) in [6.45, 7) is 1.84. The summed E-state index contributed by atoms with van der Waals surface area (Å²) < 4.78 is 13.4. The molecular formula is C16H13FN2. The van der Waals surface area contributed by atoms with Gasteiger partial charge in [0, 0.05) is 16.6 Å². The Morgan fingerprint density at radius 2 is 1.79 bits per heavy atom. The number of benzene rings is 2. The van der Waals surface area contributed by atoms with Crippen LogP contribution in [0.5, 0.6) is 0 Å². The van der Waals surface area contributed by atoms with Crippen LogP contribution in [0.3, 0.4) is 0 Å². The van der Waals surface area contributed by atoms with Gasteiger partial charge in [-0.25, -0.2) is 9.37 Å². The van der Waals surface area contributed by atoms with Crippen molar-refractivity contribution in [2.75, 3.05) is 5.73 Å². The number of nitrogens with zero attached hydrogens (tertiary/aromatic N) is 1. The van der Waals surface area contributed by atoms with Gasteiger partial charge in [-0.3, -0.25) is 0 Å². The molecule has 0 saturated heterocycles. The molecule has 0 atom stereocenters. The van der Waals surface area contributed by atoms with Crippen LogP contribution in [0.2, 0.25) is 0 Å². The number of nitrogens with two attached hydrogens (primary N) is 1. The van der Waals surface area contributed by atoms with Gasteiger partial charge < -0.3 is 5.73 Å². The molecule has 3 heteroatoms. The van der Waals surface area contributed by atoms with Crippen molar-refractivity contribution < 1.29 is 4.39 Å². The summed E-state index contributed by atoms with van der Waals surface area (Å²) in [6, 6.07) is 14.5. The summed E-state index contributed by atoms with van der Waals surface area (Å²) in [5, 5.41) is 0.664. The lowest BCUT2D eigenvalue weighted by Crippen LogP contribution is -1.95. The Bertz CT molecular complexity index is 752. The first-order valence-corrected chi connectivity index (χ1v) is 6.07. The zero-order valence-electron chi connectivity index (χ0n) is 10.5. The second kappa shape index (κ2) is 4.35. The van der Waals surface area contributed by atoms with Crippen molar-refractivity contribution in [3.05, 3.63) is 59.9 Å². The Kier molecular flexibility index (Phi) is 2.67. The van der Waals surface area contributed by atoms with E-state index in [0.717, 1.165) is 22.3 Å². The number of fused-ring (bicyclic) bond motifs is 1. The average molecular weight is 252 g/mol. The SMILES string of the molecule is Cc1cc(F)cc2c(N)cc(-c3ccccc3)nc12. The third-order valence-corrected chi connectivity index (χ3v) is 3.17. The van der Waals surface area contributed by atoms with Crippen LogP contribution in [-0.2, 0) is 0 Å². The van der Waals surface area contributed by atoms with Gasteiger partial charge in [0.2, 0.25) is 0 Å². The zero-order chi connectivity index (χ0) is 13.4. The van der Waals surface area contributed by atoms with E-state index >= 15 is 0 Å². The molecule has 3 rings (SSSR count). The predicted octanol–water partition coefficient (Wildman–Crippen LogP) is 3.93. The Morgan fingerprint density at radius 3 is 2.53 bits per heavy atom. The molecule has 94 valence electrons. The second-order valence-corrected chi connectivity index (χ2v) is 4.58. The van der Waals surface area contributed by atoms with Crippen LogP contribution in [0.25, 0.3) is 22.2 Å². The van der Waals surface area contributed by atoms with Crippen LogP contribution < -0.4 is 5.73 Å². The monoisotopic (exact) mass is 252 g/mol. The number of hydrogen-bond donors (Lipinski definition) is 1. The van der Waals surface area contributed by atoms with E-state index < -0.39 is 0 Å². The first kappa shape index (κ1) is 11.7. The fourth-order valence-electron chi connectivity index (χ4n) is 2.24. The first-order chi connectivity index (χ1) is 9.15. The maximum atomic E-state index is 13.4. The molecule has 0 bridgehead atoms. The van der Waals surface area contributed by atoms with Crippen LogP contribution in [0.1, 0.15) is 5.56 Å². The molecule has 0 aliphatic heterocycles. The molecule has 2 N–H and O–H groups in total. The molecule has 0 saturated carbocycles. The number of halogens is 1. The van der Waals surface area contributed by atoms with Crippen LogP contribution in [-0.4, -0.2) is 4.98 Å². The summed E-state index contributed by atoms with van der Waals surface area (Å²) in [4.78, 5) is 4.60. The molecule has 0 aliphatic carbocycles. The number of hydrogen-bond acceptors (Lipinski definition) is 2. The number of nitrogen functional groups attached to an aromatic ring is 1. The lowest BCUT2D eigenvalue weighted by molar-refractivity contribution is 0.628. The maximum absolute atomic E-state index is 13.4. The minimum atomic E-state index is -0.286. The van der Waals surface area contributed by atoms with Crippen LogP contribution in [0.15, 0.2) is 48.5 Å². The van der Waals surface area contributed by atoms with E-state index in [0.29, 0.717) is 11.1 Å².